The zero-order valence-electron chi connectivity index (χ0n) is 11.2. The van der Waals surface area contributed by atoms with Gasteiger partial charge < -0.3 is 4.57 Å². The number of carbonyl (C=O) groups excluding carboxylic acids is 1. The number of nitrogens with zero attached hydrogens (tertiary/aromatic N) is 1. The standard InChI is InChI=1S/C13H12BrN3O4S/c14-10-4-3-5-11(8-10)22(20,21)16-15-12(18)9-17-7-2-1-6-13(17)19/h1-8,16H,9H2,(H,15,18). The van der Waals surface area contributed by atoms with E-state index >= 15 is 0 Å². The van der Waals surface area contributed by atoms with E-state index in [1.165, 1.54) is 24.4 Å². The molecule has 0 aliphatic rings. The van der Waals surface area contributed by atoms with Gasteiger partial charge in [-0.3, -0.25) is 15.0 Å². The van der Waals surface area contributed by atoms with Gasteiger partial charge in [-0.1, -0.05) is 28.1 Å². The van der Waals surface area contributed by atoms with E-state index in [1.807, 2.05) is 4.83 Å². The summed E-state index contributed by atoms with van der Waals surface area (Å²) < 4.78 is 25.7. The summed E-state index contributed by atoms with van der Waals surface area (Å²) in [5, 5.41) is 0. The Morgan fingerprint density at radius 1 is 1.18 bits per heavy atom. The fourth-order valence-electron chi connectivity index (χ4n) is 1.60. The first kappa shape index (κ1) is 16.4. The van der Waals surface area contributed by atoms with Gasteiger partial charge in [-0.05, 0) is 24.3 Å². The Balaban J connectivity index is 2.02. The number of carbonyl (C=O) groups is 1. The van der Waals surface area contributed by atoms with E-state index in [4.69, 9.17) is 0 Å². The van der Waals surface area contributed by atoms with Gasteiger partial charge in [0.05, 0.1) is 4.90 Å². The number of benzene rings is 1. The SMILES string of the molecule is O=C(Cn1ccccc1=O)NNS(=O)(=O)c1cccc(Br)c1. The number of sulfonamides is 1. The van der Waals surface area contributed by atoms with Gasteiger partial charge in [0.2, 0.25) is 0 Å². The van der Waals surface area contributed by atoms with Crippen molar-refractivity contribution in [2.75, 3.05) is 0 Å². The minimum atomic E-state index is -3.88. The summed E-state index contributed by atoms with van der Waals surface area (Å²) in [5.41, 5.74) is 1.71. The Bertz CT molecular complexity index is 848. The number of amides is 1. The molecule has 0 aliphatic carbocycles. The molecule has 0 unspecified atom stereocenters. The van der Waals surface area contributed by atoms with E-state index in [0.29, 0.717) is 4.47 Å². The molecule has 1 amide bonds. The number of rotatable bonds is 5. The summed E-state index contributed by atoms with van der Waals surface area (Å²) >= 11 is 3.17. The van der Waals surface area contributed by atoms with Crippen LogP contribution in [0.1, 0.15) is 0 Å². The Kier molecular flexibility index (Phi) is 5.11. The van der Waals surface area contributed by atoms with Crippen LogP contribution in [0.5, 0.6) is 0 Å². The highest BCUT2D eigenvalue weighted by Crippen LogP contribution is 2.15. The summed E-state index contributed by atoms with van der Waals surface area (Å²) in [6.45, 7) is -0.291. The maximum Gasteiger partial charge on any atom is 0.257 e. The molecule has 0 fully saturated rings. The van der Waals surface area contributed by atoms with Crippen LogP contribution in [0.4, 0.5) is 0 Å². The lowest BCUT2D eigenvalue weighted by molar-refractivity contribution is -0.122. The van der Waals surface area contributed by atoms with Gasteiger partial charge in [-0.2, -0.15) is 0 Å². The van der Waals surface area contributed by atoms with Crippen LogP contribution in [0.2, 0.25) is 0 Å². The van der Waals surface area contributed by atoms with Crippen molar-refractivity contribution in [3.8, 4) is 0 Å². The number of aromatic nitrogens is 1. The van der Waals surface area contributed by atoms with Crippen molar-refractivity contribution >= 4 is 31.9 Å². The van der Waals surface area contributed by atoms with Crippen LogP contribution < -0.4 is 15.8 Å². The first-order valence-corrected chi connectivity index (χ1v) is 8.38. The third kappa shape index (κ3) is 4.26. The van der Waals surface area contributed by atoms with Crippen molar-refractivity contribution in [1.29, 1.82) is 0 Å². The van der Waals surface area contributed by atoms with Gasteiger partial charge in [0.1, 0.15) is 6.54 Å². The first-order chi connectivity index (χ1) is 10.4. The van der Waals surface area contributed by atoms with Crippen LogP contribution in [0.15, 0.2) is 62.8 Å². The number of nitrogens with one attached hydrogen (secondary N) is 2. The van der Waals surface area contributed by atoms with Crippen molar-refractivity contribution < 1.29 is 13.2 Å². The molecular formula is C13H12BrN3O4S. The average molecular weight is 386 g/mol. The van der Waals surface area contributed by atoms with Gasteiger partial charge in [0.25, 0.3) is 21.5 Å². The highest BCUT2D eigenvalue weighted by Gasteiger charge is 2.15. The molecule has 9 heteroatoms. The Hall–Kier alpha value is -1.97. The zero-order chi connectivity index (χ0) is 16.2. The molecule has 22 heavy (non-hydrogen) atoms. The molecule has 2 aromatic rings. The minimum Gasteiger partial charge on any atom is -0.306 e. The van der Waals surface area contributed by atoms with Crippen LogP contribution in [0.3, 0.4) is 0 Å². The molecule has 0 spiro atoms. The Morgan fingerprint density at radius 2 is 1.95 bits per heavy atom. The molecule has 0 saturated heterocycles. The van der Waals surface area contributed by atoms with E-state index in [-0.39, 0.29) is 17.0 Å². The summed E-state index contributed by atoms with van der Waals surface area (Å²) in [5.74, 6) is -0.660. The number of hydrogen-bond acceptors (Lipinski definition) is 4. The van der Waals surface area contributed by atoms with E-state index in [1.54, 1.807) is 24.3 Å². The molecule has 0 bridgehead atoms. The topological polar surface area (TPSA) is 97.3 Å². The number of pyridine rings is 1. The second kappa shape index (κ2) is 6.86. The Morgan fingerprint density at radius 3 is 2.64 bits per heavy atom. The summed E-state index contributed by atoms with van der Waals surface area (Å²) in [4.78, 5) is 25.1. The van der Waals surface area contributed by atoms with Gasteiger partial charge in [-0.25, -0.2) is 8.42 Å². The average Bonchev–Trinajstić information content (AvgIpc) is 2.48. The van der Waals surface area contributed by atoms with Gasteiger partial charge in [0.15, 0.2) is 0 Å². The van der Waals surface area contributed by atoms with E-state index in [2.05, 4.69) is 21.4 Å². The van der Waals surface area contributed by atoms with Crippen molar-refractivity contribution in [3.63, 3.8) is 0 Å². The molecule has 2 rings (SSSR count). The predicted molar refractivity (Wildman–Crippen MR) is 83.3 cm³/mol. The number of hydrogen-bond donors (Lipinski definition) is 2. The molecule has 1 heterocycles. The summed E-state index contributed by atoms with van der Waals surface area (Å²) in [7, 11) is -3.88. The third-order valence-electron chi connectivity index (χ3n) is 2.64. The fourth-order valence-corrected chi connectivity index (χ4v) is 3.06. The molecule has 116 valence electrons. The molecular weight excluding hydrogens is 374 g/mol. The second-order valence-corrected chi connectivity index (χ2v) is 6.88. The molecule has 0 radical (unpaired) electrons. The lowest BCUT2D eigenvalue weighted by Crippen LogP contribution is -2.44. The third-order valence-corrected chi connectivity index (χ3v) is 4.38. The number of hydrazine groups is 1. The quantitative estimate of drug-likeness (QED) is 0.737. The molecule has 0 saturated carbocycles. The number of halogens is 1. The lowest BCUT2D eigenvalue weighted by Gasteiger charge is -2.09. The molecule has 0 aliphatic heterocycles. The fraction of sp³-hybridized carbons (Fsp3) is 0.0769. The highest BCUT2D eigenvalue weighted by molar-refractivity contribution is 9.10. The van der Waals surface area contributed by atoms with Crippen LogP contribution >= 0.6 is 15.9 Å². The summed E-state index contributed by atoms with van der Waals surface area (Å²) in [6, 6.07) is 10.5. The maximum atomic E-state index is 12.0. The lowest BCUT2D eigenvalue weighted by atomic mass is 10.4. The van der Waals surface area contributed by atoms with Crippen LogP contribution in [-0.2, 0) is 21.4 Å². The summed E-state index contributed by atoms with van der Waals surface area (Å²) in [6.07, 6.45) is 1.44. The highest BCUT2D eigenvalue weighted by atomic mass is 79.9. The normalized spacial score (nSPS) is 11.1. The van der Waals surface area contributed by atoms with E-state index in [0.717, 1.165) is 4.57 Å². The van der Waals surface area contributed by atoms with Gasteiger partial charge in [0, 0.05) is 16.7 Å². The smallest absolute Gasteiger partial charge is 0.257 e. The van der Waals surface area contributed by atoms with Crippen LogP contribution in [0, 0.1) is 0 Å². The molecule has 2 N–H and O–H groups in total. The van der Waals surface area contributed by atoms with Gasteiger partial charge >= 0.3 is 0 Å². The van der Waals surface area contributed by atoms with Crippen molar-refractivity contribution in [2.24, 2.45) is 0 Å². The van der Waals surface area contributed by atoms with E-state index < -0.39 is 15.9 Å². The maximum absolute atomic E-state index is 12.0. The Labute approximate surface area is 135 Å². The van der Waals surface area contributed by atoms with Crippen LogP contribution in [0.25, 0.3) is 0 Å². The van der Waals surface area contributed by atoms with Crippen molar-refractivity contribution in [3.05, 3.63) is 63.5 Å². The van der Waals surface area contributed by atoms with Crippen molar-refractivity contribution in [2.45, 2.75) is 11.4 Å². The zero-order valence-corrected chi connectivity index (χ0v) is 13.6. The van der Waals surface area contributed by atoms with Gasteiger partial charge in [-0.15, -0.1) is 4.83 Å². The monoisotopic (exact) mass is 385 g/mol. The first-order valence-electron chi connectivity index (χ1n) is 6.10. The second-order valence-electron chi connectivity index (χ2n) is 4.28. The largest absolute Gasteiger partial charge is 0.306 e. The minimum absolute atomic E-state index is 0.000877. The molecule has 1 aromatic heterocycles. The predicted octanol–water partition coefficient (Wildman–Crippen LogP) is 0.621. The van der Waals surface area contributed by atoms with Crippen molar-refractivity contribution in [1.82, 2.24) is 14.8 Å². The van der Waals surface area contributed by atoms with Crippen LogP contribution in [-0.4, -0.2) is 18.9 Å². The molecule has 0 atom stereocenters. The molecule has 1 aromatic carbocycles. The van der Waals surface area contributed by atoms with E-state index in [9.17, 15) is 18.0 Å². The molecule has 7 nitrogen and oxygen atoms in total.